The normalized spacial score (nSPS) is 11.3. The summed E-state index contributed by atoms with van der Waals surface area (Å²) >= 11 is 7.02. The molecule has 18 heavy (non-hydrogen) atoms. The minimum atomic E-state index is -0.797. The quantitative estimate of drug-likeness (QED) is 0.846. The SMILES string of the molecule is Cc1c(Br)cc(CN(CC(=O)O)C(C)C)cc1Br. The Morgan fingerprint density at radius 2 is 1.83 bits per heavy atom. The molecule has 0 amide bonds. The van der Waals surface area contributed by atoms with Gasteiger partial charge in [0.2, 0.25) is 0 Å². The van der Waals surface area contributed by atoms with E-state index in [-0.39, 0.29) is 12.6 Å². The molecule has 0 bridgehead atoms. The average Bonchev–Trinajstić information content (AvgIpc) is 2.24. The molecule has 0 aromatic heterocycles. The van der Waals surface area contributed by atoms with E-state index in [1.165, 1.54) is 0 Å². The smallest absolute Gasteiger partial charge is 0.317 e. The Bertz CT molecular complexity index is 424. The molecule has 5 heteroatoms. The maximum Gasteiger partial charge on any atom is 0.317 e. The number of hydrogen-bond acceptors (Lipinski definition) is 2. The number of hydrogen-bond donors (Lipinski definition) is 1. The molecule has 0 atom stereocenters. The van der Waals surface area contributed by atoms with Crippen LogP contribution in [0.1, 0.15) is 25.0 Å². The number of carbonyl (C=O) groups is 1. The summed E-state index contributed by atoms with van der Waals surface area (Å²) in [5, 5.41) is 8.90. The van der Waals surface area contributed by atoms with Crippen LogP contribution in [0.5, 0.6) is 0 Å². The molecule has 0 saturated carbocycles. The first-order valence-electron chi connectivity index (χ1n) is 5.71. The molecule has 0 heterocycles. The van der Waals surface area contributed by atoms with Crippen LogP contribution in [-0.2, 0) is 11.3 Å². The number of benzene rings is 1. The number of nitrogens with zero attached hydrogens (tertiary/aromatic N) is 1. The minimum Gasteiger partial charge on any atom is -0.480 e. The average molecular weight is 379 g/mol. The molecular formula is C13H17Br2NO2. The third-order valence-electron chi connectivity index (χ3n) is 2.80. The van der Waals surface area contributed by atoms with Crippen LogP contribution in [0.2, 0.25) is 0 Å². The van der Waals surface area contributed by atoms with Gasteiger partial charge < -0.3 is 5.11 Å². The van der Waals surface area contributed by atoms with Crippen molar-refractivity contribution in [3.8, 4) is 0 Å². The van der Waals surface area contributed by atoms with Gasteiger partial charge in [-0.2, -0.15) is 0 Å². The molecule has 0 aliphatic heterocycles. The van der Waals surface area contributed by atoms with Crippen molar-refractivity contribution < 1.29 is 9.90 Å². The lowest BCUT2D eigenvalue weighted by Crippen LogP contribution is -2.35. The highest BCUT2D eigenvalue weighted by Gasteiger charge is 2.14. The third-order valence-corrected chi connectivity index (χ3v) is 4.44. The van der Waals surface area contributed by atoms with Gasteiger partial charge in [0.15, 0.2) is 0 Å². The second-order valence-corrected chi connectivity index (χ2v) is 6.29. The molecular weight excluding hydrogens is 362 g/mol. The van der Waals surface area contributed by atoms with Gasteiger partial charge in [0.05, 0.1) is 6.54 Å². The van der Waals surface area contributed by atoms with Gasteiger partial charge in [0, 0.05) is 21.5 Å². The molecule has 100 valence electrons. The Morgan fingerprint density at radius 3 is 2.22 bits per heavy atom. The van der Waals surface area contributed by atoms with Gasteiger partial charge in [-0.05, 0) is 44.0 Å². The number of rotatable bonds is 5. The summed E-state index contributed by atoms with van der Waals surface area (Å²) < 4.78 is 2.07. The molecule has 1 aromatic carbocycles. The van der Waals surface area contributed by atoms with Gasteiger partial charge in [-0.1, -0.05) is 31.9 Å². The Labute approximate surface area is 124 Å². The molecule has 0 fully saturated rings. The summed E-state index contributed by atoms with van der Waals surface area (Å²) in [6, 6.07) is 4.27. The van der Waals surface area contributed by atoms with Crippen molar-refractivity contribution in [3.05, 3.63) is 32.2 Å². The van der Waals surface area contributed by atoms with E-state index >= 15 is 0 Å². The predicted octanol–water partition coefficient (Wildman–Crippen LogP) is 3.82. The fourth-order valence-electron chi connectivity index (χ4n) is 1.62. The third kappa shape index (κ3) is 4.37. The van der Waals surface area contributed by atoms with E-state index in [9.17, 15) is 4.79 Å². The zero-order valence-electron chi connectivity index (χ0n) is 10.7. The van der Waals surface area contributed by atoms with Crippen molar-refractivity contribution in [1.82, 2.24) is 4.90 Å². The van der Waals surface area contributed by atoms with Crippen molar-refractivity contribution in [1.29, 1.82) is 0 Å². The summed E-state index contributed by atoms with van der Waals surface area (Å²) in [4.78, 5) is 12.8. The lowest BCUT2D eigenvalue weighted by atomic mass is 10.1. The van der Waals surface area contributed by atoms with Gasteiger partial charge in [-0.25, -0.2) is 0 Å². The van der Waals surface area contributed by atoms with E-state index in [4.69, 9.17) is 5.11 Å². The first-order valence-corrected chi connectivity index (χ1v) is 7.30. The van der Waals surface area contributed by atoms with Gasteiger partial charge in [0.25, 0.3) is 0 Å². The lowest BCUT2D eigenvalue weighted by Gasteiger charge is -2.25. The zero-order chi connectivity index (χ0) is 13.9. The van der Waals surface area contributed by atoms with Gasteiger partial charge in [-0.15, -0.1) is 0 Å². The van der Waals surface area contributed by atoms with Crippen LogP contribution in [0.15, 0.2) is 21.1 Å². The van der Waals surface area contributed by atoms with Crippen LogP contribution in [0.25, 0.3) is 0 Å². The monoisotopic (exact) mass is 377 g/mol. The van der Waals surface area contributed by atoms with E-state index in [1.807, 2.05) is 37.8 Å². The van der Waals surface area contributed by atoms with Crippen LogP contribution in [-0.4, -0.2) is 28.6 Å². The highest BCUT2D eigenvalue weighted by molar-refractivity contribution is 9.11. The summed E-state index contributed by atoms with van der Waals surface area (Å²) in [5.74, 6) is -0.797. The van der Waals surface area contributed by atoms with Crippen molar-refractivity contribution in [2.45, 2.75) is 33.4 Å². The molecule has 0 spiro atoms. The maximum absolute atomic E-state index is 10.8. The van der Waals surface area contributed by atoms with E-state index < -0.39 is 5.97 Å². The summed E-state index contributed by atoms with van der Waals surface area (Å²) in [6.45, 7) is 6.71. The topological polar surface area (TPSA) is 40.5 Å². The van der Waals surface area contributed by atoms with Crippen LogP contribution in [0.3, 0.4) is 0 Å². The van der Waals surface area contributed by atoms with Crippen molar-refractivity contribution in [3.63, 3.8) is 0 Å². The van der Waals surface area contributed by atoms with Crippen molar-refractivity contribution >= 4 is 37.8 Å². The van der Waals surface area contributed by atoms with Gasteiger partial charge >= 0.3 is 5.97 Å². The van der Waals surface area contributed by atoms with Crippen LogP contribution in [0.4, 0.5) is 0 Å². The minimum absolute atomic E-state index is 0.0563. The molecule has 3 nitrogen and oxygen atoms in total. The fraction of sp³-hybridized carbons (Fsp3) is 0.462. The molecule has 0 aliphatic rings. The van der Waals surface area contributed by atoms with Crippen LogP contribution < -0.4 is 0 Å². The molecule has 0 aliphatic carbocycles. The van der Waals surface area contributed by atoms with Crippen molar-refractivity contribution in [2.75, 3.05) is 6.54 Å². The Kier molecular flexibility index (Phi) is 5.82. The molecule has 0 radical (unpaired) electrons. The van der Waals surface area contributed by atoms with E-state index in [0.717, 1.165) is 20.1 Å². The number of carboxylic acids is 1. The van der Waals surface area contributed by atoms with E-state index in [1.54, 1.807) is 0 Å². The van der Waals surface area contributed by atoms with Crippen LogP contribution in [0, 0.1) is 6.92 Å². The largest absolute Gasteiger partial charge is 0.480 e. The van der Waals surface area contributed by atoms with Crippen molar-refractivity contribution in [2.24, 2.45) is 0 Å². The highest BCUT2D eigenvalue weighted by Crippen LogP contribution is 2.27. The molecule has 1 aromatic rings. The number of carboxylic acid groups (broad SMARTS) is 1. The summed E-state index contributed by atoms with van der Waals surface area (Å²) in [6.07, 6.45) is 0. The second kappa shape index (κ2) is 6.68. The Hall–Kier alpha value is -0.390. The van der Waals surface area contributed by atoms with E-state index in [2.05, 4.69) is 31.9 Å². The summed E-state index contributed by atoms with van der Waals surface area (Å²) in [7, 11) is 0. The zero-order valence-corrected chi connectivity index (χ0v) is 13.9. The molecule has 0 unspecified atom stereocenters. The highest BCUT2D eigenvalue weighted by atomic mass is 79.9. The molecule has 0 saturated heterocycles. The number of aliphatic carboxylic acids is 1. The van der Waals surface area contributed by atoms with Crippen LogP contribution >= 0.6 is 31.9 Å². The van der Waals surface area contributed by atoms with E-state index in [0.29, 0.717) is 6.54 Å². The summed E-state index contributed by atoms with van der Waals surface area (Å²) in [5.41, 5.74) is 2.24. The van der Waals surface area contributed by atoms with Gasteiger partial charge in [-0.3, -0.25) is 9.69 Å². The fourth-order valence-corrected chi connectivity index (χ4v) is 2.90. The first kappa shape index (κ1) is 15.7. The molecule has 1 rings (SSSR count). The standard InChI is InChI=1S/C13H17Br2NO2/c1-8(2)16(7-13(17)18)6-10-4-11(14)9(3)12(15)5-10/h4-5,8H,6-7H2,1-3H3,(H,17,18). The first-order chi connectivity index (χ1) is 8.31. The molecule has 1 N–H and O–H groups in total. The second-order valence-electron chi connectivity index (χ2n) is 4.58. The lowest BCUT2D eigenvalue weighted by molar-refractivity contribution is -0.138. The van der Waals surface area contributed by atoms with Gasteiger partial charge in [0.1, 0.15) is 0 Å². The number of halogens is 2. The predicted molar refractivity (Wildman–Crippen MR) is 79.8 cm³/mol. The Balaban J connectivity index is 2.90. The Morgan fingerprint density at radius 1 is 1.33 bits per heavy atom. The maximum atomic E-state index is 10.8.